The Morgan fingerprint density at radius 2 is 2.11 bits per heavy atom. The second kappa shape index (κ2) is 8.16. The molecule has 0 bridgehead atoms. The number of carbonyl (C=O) groups excluding carboxylic acids is 1. The molecule has 1 aromatic carbocycles. The Labute approximate surface area is 174 Å². The van der Waals surface area contributed by atoms with Crippen molar-refractivity contribution < 1.29 is 17.6 Å². The molecule has 2 aromatic rings. The van der Waals surface area contributed by atoms with Crippen molar-refractivity contribution in [3.05, 3.63) is 50.5 Å². The predicted octanol–water partition coefficient (Wildman–Crippen LogP) is 4.15. The Bertz CT molecular complexity index is 967. The standard InChI is InChI=1S/C17H17BrClFN2O3S2/c18-12-3-1-10(7-13(12)20)9-22(14-8-11(14)2-5-16(21)23)27(24,25)17-6-4-15(19)26-17/h1,3-4,6-7,11,14H,2,5,8-9H2,(H2,21,23). The van der Waals surface area contributed by atoms with E-state index in [1.54, 1.807) is 12.1 Å². The largest absolute Gasteiger partial charge is 0.370 e. The van der Waals surface area contributed by atoms with Gasteiger partial charge in [0.15, 0.2) is 0 Å². The van der Waals surface area contributed by atoms with Crippen LogP contribution >= 0.6 is 38.9 Å². The third-order valence-corrected chi connectivity index (χ3v) is 8.66. The zero-order valence-corrected chi connectivity index (χ0v) is 18.0. The summed E-state index contributed by atoms with van der Waals surface area (Å²) < 4.78 is 42.4. The molecule has 1 aliphatic rings. The van der Waals surface area contributed by atoms with E-state index in [9.17, 15) is 17.6 Å². The summed E-state index contributed by atoms with van der Waals surface area (Å²) in [5, 5.41) is 0. The SMILES string of the molecule is NC(=O)CCC1CC1N(Cc1ccc(Br)c(F)c1)S(=O)(=O)c1ccc(Cl)s1. The summed E-state index contributed by atoms with van der Waals surface area (Å²) in [5.74, 6) is -0.803. The first kappa shape index (κ1) is 20.7. The zero-order chi connectivity index (χ0) is 19.8. The van der Waals surface area contributed by atoms with Gasteiger partial charge in [0.2, 0.25) is 5.91 Å². The molecule has 2 N–H and O–H groups in total. The average Bonchev–Trinajstić information content (AvgIpc) is 3.22. The highest BCUT2D eigenvalue weighted by molar-refractivity contribution is 9.10. The number of halogens is 3. The zero-order valence-electron chi connectivity index (χ0n) is 14.1. The molecule has 5 nitrogen and oxygen atoms in total. The van der Waals surface area contributed by atoms with Crippen LogP contribution in [-0.2, 0) is 21.4 Å². The monoisotopic (exact) mass is 494 g/mol. The lowest BCUT2D eigenvalue weighted by atomic mass is 10.2. The number of nitrogens with two attached hydrogens (primary N) is 1. The minimum Gasteiger partial charge on any atom is -0.370 e. The van der Waals surface area contributed by atoms with Crippen molar-refractivity contribution in [2.24, 2.45) is 11.7 Å². The molecule has 2 atom stereocenters. The van der Waals surface area contributed by atoms with Gasteiger partial charge in [-0.3, -0.25) is 4.79 Å². The summed E-state index contributed by atoms with van der Waals surface area (Å²) in [4.78, 5) is 11.0. The predicted molar refractivity (Wildman–Crippen MR) is 106 cm³/mol. The van der Waals surface area contributed by atoms with Crippen molar-refractivity contribution in [2.75, 3.05) is 0 Å². The molecule has 1 aliphatic carbocycles. The summed E-state index contributed by atoms with van der Waals surface area (Å²) in [5.41, 5.74) is 5.74. The van der Waals surface area contributed by atoms with E-state index in [1.165, 1.54) is 22.5 Å². The van der Waals surface area contributed by atoms with E-state index in [1.807, 2.05) is 0 Å². The maximum atomic E-state index is 13.9. The third kappa shape index (κ3) is 4.89. The molecule has 1 saturated carbocycles. The fourth-order valence-electron chi connectivity index (χ4n) is 2.97. The Kier molecular flexibility index (Phi) is 6.27. The van der Waals surface area contributed by atoms with Crippen LogP contribution in [0.25, 0.3) is 0 Å². The summed E-state index contributed by atoms with van der Waals surface area (Å²) in [7, 11) is -3.79. The van der Waals surface area contributed by atoms with Crippen LogP contribution in [0.15, 0.2) is 39.0 Å². The third-order valence-electron chi connectivity index (χ3n) is 4.45. The molecule has 0 saturated heterocycles. The van der Waals surface area contributed by atoms with Gasteiger partial charge in [0.05, 0.1) is 8.81 Å². The van der Waals surface area contributed by atoms with E-state index in [-0.39, 0.29) is 29.1 Å². The van der Waals surface area contributed by atoms with Gasteiger partial charge in [0, 0.05) is 19.0 Å². The number of rotatable bonds is 8. The second-order valence-electron chi connectivity index (χ2n) is 6.43. The molecule has 1 heterocycles. The lowest BCUT2D eigenvalue weighted by Gasteiger charge is -2.22. The second-order valence-corrected chi connectivity index (χ2v) is 11.1. The molecule has 0 aliphatic heterocycles. The Balaban J connectivity index is 1.87. The number of amides is 1. The van der Waals surface area contributed by atoms with Crippen molar-refractivity contribution >= 4 is 54.8 Å². The minimum atomic E-state index is -3.79. The molecule has 0 radical (unpaired) electrons. The number of hydrogen-bond acceptors (Lipinski definition) is 4. The van der Waals surface area contributed by atoms with Crippen LogP contribution in [0.1, 0.15) is 24.8 Å². The van der Waals surface area contributed by atoms with Crippen LogP contribution in [0, 0.1) is 11.7 Å². The Morgan fingerprint density at radius 3 is 2.70 bits per heavy atom. The molecule has 27 heavy (non-hydrogen) atoms. The topological polar surface area (TPSA) is 80.5 Å². The lowest BCUT2D eigenvalue weighted by Crippen LogP contribution is -2.33. The highest BCUT2D eigenvalue weighted by atomic mass is 79.9. The van der Waals surface area contributed by atoms with Crippen LogP contribution in [0.5, 0.6) is 0 Å². The van der Waals surface area contributed by atoms with Crippen LogP contribution < -0.4 is 5.73 Å². The van der Waals surface area contributed by atoms with Gasteiger partial charge < -0.3 is 5.73 Å². The van der Waals surface area contributed by atoms with Crippen LogP contribution in [0.3, 0.4) is 0 Å². The maximum Gasteiger partial charge on any atom is 0.253 e. The van der Waals surface area contributed by atoms with Gasteiger partial charge in [-0.05, 0) is 64.5 Å². The van der Waals surface area contributed by atoms with Crippen LogP contribution in [0.4, 0.5) is 4.39 Å². The van der Waals surface area contributed by atoms with Gasteiger partial charge in [-0.25, -0.2) is 12.8 Å². The van der Waals surface area contributed by atoms with E-state index in [0.29, 0.717) is 27.2 Å². The van der Waals surface area contributed by atoms with Crippen LogP contribution in [-0.4, -0.2) is 24.7 Å². The van der Waals surface area contributed by atoms with E-state index in [0.717, 1.165) is 11.3 Å². The maximum absolute atomic E-state index is 13.9. The molecule has 1 aromatic heterocycles. The molecular formula is C17H17BrClFN2O3S2. The van der Waals surface area contributed by atoms with Gasteiger partial charge in [0.25, 0.3) is 10.0 Å². The van der Waals surface area contributed by atoms with Gasteiger partial charge in [0.1, 0.15) is 10.0 Å². The lowest BCUT2D eigenvalue weighted by molar-refractivity contribution is -0.118. The number of primary amides is 1. The molecule has 0 spiro atoms. The normalized spacial score (nSPS) is 19.4. The van der Waals surface area contributed by atoms with Crippen molar-refractivity contribution in [1.29, 1.82) is 0 Å². The van der Waals surface area contributed by atoms with Crippen LogP contribution in [0.2, 0.25) is 4.34 Å². The first-order chi connectivity index (χ1) is 12.7. The van der Waals surface area contributed by atoms with Crippen molar-refractivity contribution in [3.63, 3.8) is 0 Å². The number of sulfonamides is 1. The van der Waals surface area contributed by atoms with Crippen molar-refractivity contribution in [2.45, 2.75) is 36.1 Å². The first-order valence-corrected chi connectivity index (χ1v) is 11.6. The minimum absolute atomic E-state index is 0.0415. The van der Waals surface area contributed by atoms with Gasteiger partial charge >= 0.3 is 0 Å². The van der Waals surface area contributed by atoms with Crippen molar-refractivity contribution in [1.82, 2.24) is 4.31 Å². The van der Waals surface area contributed by atoms with E-state index >= 15 is 0 Å². The van der Waals surface area contributed by atoms with E-state index < -0.39 is 21.7 Å². The first-order valence-electron chi connectivity index (χ1n) is 8.18. The fraction of sp³-hybridized carbons (Fsp3) is 0.353. The number of carbonyl (C=O) groups is 1. The molecule has 146 valence electrons. The summed E-state index contributed by atoms with van der Waals surface area (Å²) in [6, 6.07) is 7.30. The molecule has 1 fully saturated rings. The Hall–Kier alpha value is -1.000. The molecular weight excluding hydrogens is 479 g/mol. The smallest absolute Gasteiger partial charge is 0.253 e. The number of hydrogen-bond donors (Lipinski definition) is 1. The van der Waals surface area contributed by atoms with E-state index in [2.05, 4.69) is 15.9 Å². The highest BCUT2D eigenvalue weighted by Gasteiger charge is 2.47. The molecule has 3 rings (SSSR count). The summed E-state index contributed by atoms with van der Waals surface area (Å²) in [6.07, 6.45) is 1.39. The number of nitrogens with zero attached hydrogens (tertiary/aromatic N) is 1. The van der Waals surface area contributed by atoms with Gasteiger partial charge in [-0.15, -0.1) is 11.3 Å². The summed E-state index contributed by atoms with van der Waals surface area (Å²) in [6.45, 7) is 0.0415. The fourth-order valence-corrected chi connectivity index (χ4v) is 6.52. The quantitative estimate of drug-likeness (QED) is 0.597. The van der Waals surface area contributed by atoms with Gasteiger partial charge in [-0.1, -0.05) is 17.7 Å². The highest BCUT2D eigenvalue weighted by Crippen LogP contribution is 2.43. The molecule has 10 heteroatoms. The molecule has 2 unspecified atom stereocenters. The summed E-state index contributed by atoms with van der Waals surface area (Å²) >= 11 is 9.99. The van der Waals surface area contributed by atoms with E-state index in [4.69, 9.17) is 17.3 Å². The Morgan fingerprint density at radius 1 is 1.37 bits per heavy atom. The number of thiophene rings is 1. The molecule has 1 amide bonds. The number of benzene rings is 1. The average molecular weight is 496 g/mol. The van der Waals surface area contributed by atoms with Crippen molar-refractivity contribution in [3.8, 4) is 0 Å². The van der Waals surface area contributed by atoms with Gasteiger partial charge in [-0.2, -0.15) is 4.31 Å².